The highest BCUT2D eigenvalue weighted by atomic mass is 32.2. The Hall–Kier alpha value is -2.42. The minimum Gasteiger partial charge on any atom is -0.451 e. The monoisotopic (exact) mass is 353 g/mol. The summed E-state index contributed by atoms with van der Waals surface area (Å²) in [5.74, 6) is -0.981. The third-order valence-electron chi connectivity index (χ3n) is 3.41. The molecule has 1 heterocycles. The molecule has 1 aliphatic heterocycles. The Balaban J connectivity index is 2.17. The first-order valence-electron chi connectivity index (χ1n) is 7.25. The van der Waals surface area contributed by atoms with E-state index in [1.807, 2.05) is 0 Å². The number of rotatable bonds is 4. The van der Waals surface area contributed by atoms with Crippen LogP contribution < -0.4 is 4.72 Å². The van der Waals surface area contributed by atoms with E-state index >= 15 is 0 Å². The first-order valence-corrected chi connectivity index (χ1v) is 8.73. The predicted octanol–water partition coefficient (Wildman–Crippen LogP) is 0.133. The Morgan fingerprint density at radius 2 is 1.83 bits per heavy atom. The number of nitrogens with zero attached hydrogens (tertiary/aromatic N) is 2. The smallest absolute Gasteiger partial charge is 0.331 e. The fourth-order valence-corrected chi connectivity index (χ4v) is 3.40. The summed E-state index contributed by atoms with van der Waals surface area (Å²) in [5, 5.41) is 0. The van der Waals surface area contributed by atoms with E-state index < -0.39 is 28.1 Å². The van der Waals surface area contributed by atoms with E-state index in [4.69, 9.17) is 4.74 Å². The lowest BCUT2D eigenvalue weighted by atomic mass is 10.2. The standard InChI is InChI=1S/C15H19N3O5S/c1-9(15(20)23-10(2)14(19)18(3)4)16-13-11-7-5-6-8-12(11)24(21,22)17-13/h5-10H,1-4H3,(H,16,17)/t9-,10-/m0/s1. The number of aliphatic imine (C=N–C) groups is 1. The number of likely N-dealkylation sites (N-methyl/N-ethyl adjacent to an activating group) is 1. The van der Waals surface area contributed by atoms with Crippen LogP contribution in [0.1, 0.15) is 19.4 Å². The highest BCUT2D eigenvalue weighted by Gasteiger charge is 2.31. The van der Waals surface area contributed by atoms with Crippen LogP contribution in [-0.4, -0.2) is 57.3 Å². The lowest BCUT2D eigenvalue weighted by Crippen LogP contribution is -2.37. The Morgan fingerprint density at radius 3 is 2.46 bits per heavy atom. The van der Waals surface area contributed by atoms with Crippen molar-refractivity contribution in [3.05, 3.63) is 29.8 Å². The molecule has 0 aliphatic carbocycles. The topological polar surface area (TPSA) is 105 Å². The maximum absolute atomic E-state index is 12.1. The van der Waals surface area contributed by atoms with Crippen LogP contribution in [0.4, 0.5) is 0 Å². The lowest BCUT2D eigenvalue weighted by Gasteiger charge is -2.18. The zero-order chi connectivity index (χ0) is 18.1. The molecule has 1 aliphatic rings. The quantitative estimate of drug-likeness (QED) is 0.775. The lowest BCUT2D eigenvalue weighted by molar-refractivity contribution is -0.158. The summed E-state index contributed by atoms with van der Waals surface area (Å²) in [6.07, 6.45) is -0.942. The van der Waals surface area contributed by atoms with Crippen molar-refractivity contribution in [3.8, 4) is 0 Å². The van der Waals surface area contributed by atoms with Crippen LogP contribution in [0.3, 0.4) is 0 Å². The fourth-order valence-electron chi connectivity index (χ4n) is 2.16. The molecule has 8 nitrogen and oxygen atoms in total. The first-order chi connectivity index (χ1) is 11.1. The van der Waals surface area contributed by atoms with Crippen LogP contribution >= 0.6 is 0 Å². The third kappa shape index (κ3) is 3.56. The number of esters is 1. The van der Waals surface area contributed by atoms with Crippen LogP contribution in [0.15, 0.2) is 34.2 Å². The number of sulfonamides is 1. The largest absolute Gasteiger partial charge is 0.451 e. The summed E-state index contributed by atoms with van der Waals surface area (Å²) in [5.41, 5.74) is 0.398. The molecule has 0 saturated carbocycles. The average Bonchev–Trinajstić information content (AvgIpc) is 2.77. The molecule has 0 unspecified atom stereocenters. The van der Waals surface area contributed by atoms with Gasteiger partial charge in [-0.25, -0.2) is 13.2 Å². The van der Waals surface area contributed by atoms with Crippen molar-refractivity contribution in [2.24, 2.45) is 4.99 Å². The van der Waals surface area contributed by atoms with Crippen molar-refractivity contribution in [2.45, 2.75) is 30.9 Å². The molecule has 0 spiro atoms. The number of amides is 1. The molecule has 1 aromatic rings. The van der Waals surface area contributed by atoms with Gasteiger partial charge in [-0.3, -0.25) is 14.5 Å². The van der Waals surface area contributed by atoms with E-state index in [0.717, 1.165) is 0 Å². The molecule has 9 heteroatoms. The van der Waals surface area contributed by atoms with Crippen LogP contribution in [-0.2, 0) is 24.3 Å². The highest BCUT2D eigenvalue weighted by Crippen LogP contribution is 2.22. The van der Waals surface area contributed by atoms with Gasteiger partial charge in [0.1, 0.15) is 11.9 Å². The van der Waals surface area contributed by atoms with Gasteiger partial charge in [-0.15, -0.1) is 0 Å². The van der Waals surface area contributed by atoms with Gasteiger partial charge in [-0.1, -0.05) is 12.1 Å². The zero-order valence-corrected chi connectivity index (χ0v) is 14.6. The summed E-state index contributed by atoms with van der Waals surface area (Å²) >= 11 is 0. The molecule has 0 bridgehead atoms. The predicted molar refractivity (Wildman–Crippen MR) is 87.0 cm³/mol. The van der Waals surface area contributed by atoms with E-state index in [0.29, 0.717) is 5.56 Å². The summed E-state index contributed by atoms with van der Waals surface area (Å²) in [7, 11) is -0.555. The van der Waals surface area contributed by atoms with Crippen LogP contribution in [0.25, 0.3) is 0 Å². The minimum absolute atomic E-state index is 0.0849. The maximum atomic E-state index is 12.1. The SMILES string of the molecule is C[C@H](N=C1NS(=O)(=O)c2ccccc21)C(=O)O[C@@H](C)C(=O)N(C)C. The van der Waals surface area contributed by atoms with E-state index in [-0.39, 0.29) is 16.6 Å². The maximum Gasteiger partial charge on any atom is 0.331 e. The normalized spacial score (nSPS) is 19.1. The Labute approximate surface area is 140 Å². The van der Waals surface area contributed by atoms with Crippen molar-refractivity contribution in [3.63, 3.8) is 0 Å². The average molecular weight is 353 g/mol. The number of carbonyl (C=O) groups is 2. The number of hydrogen-bond acceptors (Lipinski definition) is 6. The Kier molecular flexibility index (Phi) is 4.93. The minimum atomic E-state index is -3.67. The van der Waals surface area contributed by atoms with Gasteiger partial charge < -0.3 is 9.64 Å². The third-order valence-corrected chi connectivity index (χ3v) is 4.81. The molecule has 1 amide bonds. The van der Waals surface area contributed by atoms with Gasteiger partial charge in [0.05, 0.1) is 4.90 Å². The van der Waals surface area contributed by atoms with Crippen LogP contribution in [0, 0.1) is 0 Å². The molecule has 2 atom stereocenters. The second-order valence-corrected chi connectivity index (χ2v) is 7.22. The van der Waals surface area contributed by atoms with Gasteiger partial charge in [0.15, 0.2) is 6.10 Å². The molecule has 1 aromatic carbocycles. The number of benzene rings is 1. The first kappa shape index (κ1) is 17.9. The van der Waals surface area contributed by atoms with E-state index in [9.17, 15) is 18.0 Å². The fraction of sp³-hybridized carbons (Fsp3) is 0.400. The van der Waals surface area contributed by atoms with Gasteiger partial charge in [-0.05, 0) is 26.0 Å². The molecule has 1 N–H and O–H groups in total. The van der Waals surface area contributed by atoms with E-state index in [2.05, 4.69) is 9.71 Å². The molecule has 24 heavy (non-hydrogen) atoms. The second kappa shape index (κ2) is 6.60. The number of ether oxygens (including phenoxy) is 1. The second-order valence-electron chi connectivity index (χ2n) is 5.57. The summed E-state index contributed by atoms with van der Waals surface area (Å²) in [6, 6.07) is 5.37. The van der Waals surface area contributed by atoms with Crippen molar-refractivity contribution in [2.75, 3.05) is 14.1 Å². The van der Waals surface area contributed by atoms with Crippen molar-refractivity contribution in [1.82, 2.24) is 9.62 Å². The van der Waals surface area contributed by atoms with Gasteiger partial charge in [0.25, 0.3) is 15.9 Å². The summed E-state index contributed by atoms with van der Waals surface area (Å²) in [4.78, 5) is 29.3. The molecule has 0 radical (unpaired) electrons. The van der Waals surface area contributed by atoms with Gasteiger partial charge in [0.2, 0.25) is 0 Å². The van der Waals surface area contributed by atoms with E-state index in [1.54, 1.807) is 32.3 Å². The Morgan fingerprint density at radius 1 is 1.21 bits per heavy atom. The zero-order valence-electron chi connectivity index (χ0n) is 13.8. The van der Waals surface area contributed by atoms with Gasteiger partial charge in [-0.2, -0.15) is 0 Å². The number of amidine groups is 1. The molecule has 0 saturated heterocycles. The molecule has 130 valence electrons. The van der Waals surface area contributed by atoms with Gasteiger partial charge in [0, 0.05) is 19.7 Å². The number of fused-ring (bicyclic) bond motifs is 1. The van der Waals surface area contributed by atoms with Crippen molar-refractivity contribution in [1.29, 1.82) is 0 Å². The van der Waals surface area contributed by atoms with E-state index in [1.165, 1.54) is 24.8 Å². The van der Waals surface area contributed by atoms with Crippen LogP contribution in [0.2, 0.25) is 0 Å². The number of hydrogen-bond donors (Lipinski definition) is 1. The molecule has 0 fully saturated rings. The number of carbonyl (C=O) groups excluding carboxylic acids is 2. The number of nitrogens with one attached hydrogen (secondary N) is 1. The van der Waals surface area contributed by atoms with Crippen molar-refractivity contribution < 1.29 is 22.7 Å². The molecule has 2 rings (SSSR count). The Bertz CT molecular complexity index is 801. The molecular formula is C15H19N3O5S. The van der Waals surface area contributed by atoms with Gasteiger partial charge >= 0.3 is 5.97 Å². The molecule has 0 aromatic heterocycles. The van der Waals surface area contributed by atoms with Crippen molar-refractivity contribution >= 4 is 27.7 Å². The molecular weight excluding hydrogens is 334 g/mol. The highest BCUT2D eigenvalue weighted by molar-refractivity contribution is 7.90. The summed E-state index contributed by atoms with van der Waals surface area (Å²) in [6.45, 7) is 2.94. The summed E-state index contributed by atoms with van der Waals surface area (Å²) < 4.78 is 31.4. The van der Waals surface area contributed by atoms with Crippen LogP contribution in [0.5, 0.6) is 0 Å².